The molecular weight excluding hydrogens is 363 g/mol. The van der Waals surface area contributed by atoms with E-state index in [4.69, 9.17) is 23.2 Å². The number of carbonyl (C=O) groups is 3. The molecule has 7 heteroatoms. The maximum atomic E-state index is 12.3. The average Bonchev–Trinajstić information content (AvgIpc) is 2.54. The number of rotatable bonds is 5. The van der Waals surface area contributed by atoms with Gasteiger partial charge in [-0.05, 0) is 43.3 Å². The van der Waals surface area contributed by atoms with Crippen LogP contribution in [0, 0.1) is 0 Å². The van der Waals surface area contributed by atoms with Crippen molar-refractivity contribution in [2.45, 2.75) is 13.8 Å². The fourth-order valence-electron chi connectivity index (χ4n) is 2.23. The van der Waals surface area contributed by atoms with Crippen LogP contribution in [-0.4, -0.2) is 24.1 Å². The number of amides is 2. The number of benzene rings is 2. The number of nitrogens with zero attached hydrogens (tertiary/aromatic N) is 1. The summed E-state index contributed by atoms with van der Waals surface area (Å²) in [5.74, 6) is -0.840. The van der Waals surface area contributed by atoms with Crippen LogP contribution >= 0.6 is 23.2 Å². The van der Waals surface area contributed by atoms with Gasteiger partial charge in [-0.3, -0.25) is 14.4 Å². The van der Waals surface area contributed by atoms with E-state index >= 15 is 0 Å². The Bertz CT molecular complexity index is 799. The lowest BCUT2D eigenvalue weighted by molar-refractivity contribution is -0.120. The molecule has 0 aromatic heterocycles. The summed E-state index contributed by atoms with van der Waals surface area (Å²) >= 11 is 12.2. The molecule has 1 N–H and O–H groups in total. The van der Waals surface area contributed by atoms with Gasteiger partial charge in [0.2, 0.25) is 11.8 Å². The van der Waals surface area contributed by atoms with E-state index in [1.165, 1.54) is 18.7 Å². The number of nitrogens with one attached hydrogen (secondary N) is 1. The molecule has 0 aliphatic rings. The topological polar surface area (TPSA) is 66.5 Å². The Hall–Kier alpha value is -2.37. The van der Waals surface area contributed by atoms with Gasteiger partial charge in [-0.1, -0.05) is 29.3 Å². The molecule has 0 saturated carbocycles. The molecule has 2 aromatic rings. The minimum Gasteiger partial charge on any atom is -0.325 e. The molecular formula is C18H16Cl2N2O3. The van der Waals surface area contributed by atoms with Crippen molar-refractivity contribution in [3.63, 3.8) is 0 Å². The minimum atomic E-state index is -0.415. The van der Waals surface area contributed by atoms with E-state index in [-0.39, 0.29) is 28.3 Å². The van der Waals surface area contributed by atoms with Crippen LogP contribution in [0.4, 0.5) is 11.4 Å². The van der Waals surface area contributed by atoms with Gasteiger partial charge in [0.1, 0.15) is 6.54 Å². The van der Waals surface area contributed by atoms with Crippen LogP contribution in [0.1, 0.15) is 24.2 Å². The molecule has 0 unspecified atom stereocenters. The Morgan fingerprint density at radius 3 is 2.00 bits per heavy atom. The molecule has 0 bridgehead atoms. The smallest absolute Gasteiger partial charge is 0.244 e. The highest BCUT2D eigenvalue weighted by atomic mass is 35.5. The third kappa shape index (κ3) is 4.81. The summed E-state index contributed by atoms with van der Waals surface area (Å²) in [7, 11) is 0. The second-order valence-electron chi connectivity index (χ2n) is 5.36. The van der Waals surface area contributed by atoms with E-state index in [1.807, 2.05) is 0 Å². The Labute approximate surface area is 155 Å². The van der Waals surface area contributed by atoms with Crippen molar-refractivity contribution in [3.8, 4) is 0 Å². The first-order chi connectivity index (χ1) is 11.8. The van der Waals surface area contributed by atoms with Crippen molar-refractivity contribution in [1.29, 1.82) is 0 Å². The van der Waals surface area contributed by atoms with Gasteiger partial charge in [0.15, 0.2) is 5.78 Å². The van der Waals surface area contributed by atoms with Crippen molar-refractivity contribution in [1.82, 2.24) is 0 Å². The first kappa shape index (κ1) is 19.0. The fraction of sp³-hybridized carbons (Fsp3) is 0.167. The molecule has 0 saturated heterocycles. The number of para-hydroxylation sites is 1. The Morgan fingerprint density at radius 1 is 0.960 bits per heavy atom. The fourth-order valence-corrected chi connectivity index (χ4v) is 2.83. The van der Waals surface area contributed by atoms with Gasteiger partial charge in [0, 0.05) is 18.2 Å². The highest BCUT2D eigenvalue weighted by Gasteiger charge is 2.21. The lowest BCUT2D eigenvalue weighted by Crippen LogP contribution is -2.37. The molecule has 130 valence electrons. The summed E-state index contributed by atoms with van der Waals surface area (Å²) in [6.07, 6.45) is 0. The van der Waals surface area contributed by atoms with Crippen molar-refractivity contribution in [2.24, 2.45) is 0 Å². The molecule has 2 rings (SSSR count). The summed E-state index contributed by atoms with van der Waals surface area (Å²) in [4.78, 5) is 36.7. The molecule has 0 fully saturated rings. The summed E-state index contributed by atoms with van der Waals surface area (Å²) in [6, 6.07) is 11.3. The SMILES string of the molecule is CC(=O)c1ccc(NC(=O)CN(C(C)=O)c2c(Cl)cccc2Cl)cc1. The molecule has 2 amide bonds. The zero-order valence-electron chi connectivity index (χ0n) is 13.7. The van der Waals surface area contributed by atoms with E-state index < -0.39 is 5.91 Å². The van der Waals surface area contributed by atoms with Crippen molar-refractivity contribution in [2.75, 3.05) is 16.8 Å². The maximum absolute atomic E-state index is 12.3. The summed E-state index contributed by atoms with van der Waals surface area (Å²) in [5.41, 5.74) is 1.36. The minimum absolute atomic E-state index is 0.0611. The molecule has 0 heterocycles. The van der Waals surface area contributed by atoms with Crippen LogP contribution < -0.4 is 10.2 Å². The number of Topliss-reactive ketones (excluding diaryl/α,β-unsaturated/α-hetero) is 1. The van der Waals surface area contributed by atoms with Crippen LogP contribution in [0.15, 0.2) is 42.5 Å². The second kappa shape index (κ2) is 8.14. The van der Waals surface area contributed by atoms with Gasteiger partial charge in [-0.15, -0.1) is 0 Å². The van der Waals surface area contributed by atoms with E-state index in [1.54, 1.807) is 42.5 Å². The second-order valence-corrected chi connectivity index (χ2v) is 6.17. The van der Waals surface area contributed by atoms with Crippen molar-refractivity contribution in [3.05, 3.63) is 58.1 Å². The first-order valence-corrected chi connectivity index (χ1v) is 8.18. The molecule has 0 aliphatic carbocycles. The van der Waals surface area contributed by atoms with Crippen molar-refractivity contribution >= 4 is 52.2 Å². The van der Waals surface area contributed by atoms with Crippen LogP contribution in [0.5, 0.6) is 0 Å². The summed E-state index contributed by atoms with van der Waals surface area (Å²) < 4.78 is 0. The maximum Gasteiger partial charge on any atom is 0.244 e. The number of hydrogen-bond acceptors (Lipinski definition) is 3. The number of halogens is 2. The zero-order chi connectivity index (χ0) is 18.6. The van der Waals surface area contributed by atoms with Crippen molar-refractivity contribution < 1.29 is 14.4 Å². The van der Waals surface area contributed by atoms with Gasteiger partial charge in [0.25, 0.3) is 0 Å². The Kier molecular flexibility index (Phi) is 6.17. The molecule has 0 atom stereocenters. The Balaban J connectivity index is 2.16. The Morgan fingerprint density at radius 2 is 1.52 bits per heavy atom. The molecule has 25 heavy (non-hydrogen) atoms. The molecule has 0 spiro atoms. The van der Waals surface area contributed by atoms with Crippen LogP contribution in [-0.2, 0) is 9.59 Å². The van der Waals surface area contributed by atoms with E-state index in [2.05, 4.69) is 5.32 Å². The predicted octanol–water partition coefficient (Wildman–Crippen LogP) is 4.19. The predicted molar refractivity (Wildman–Crippen MR) is 99.6 cm³/mol. The molecule has 0 radical (unpaired) electrons. The van der Waals surface area contributed by atoms with Gasteiger partial charge in [0.05, 0.1) is 15.7 Å². The lowest BCUT2D eigenvalue weighted by Gasteiger charge is -2.23. The lowest BCUT2D eigenvalue weighted by atomic mass is 10.1. The van der Waals surface area contributed by atoms with Gasteiger partial charge in [-0.2, -0.15) is 0 Å². The zero-order valence-corrected chi connectivity index (χ0v) is 15.2. The molecule has 0 aliphatic heterocycles. The number of ketones is 1. The van der Waals surface area contributed by atoms with Crippen LogP contribution in [0.25, 0.3) is 0 Å². The number of hydrogen-bond donors (Lipinski definition) is 1. The van der Waals surface area contributed by atoms with E-state index in [9.17, 15) is 14.4 Å². The molecule has 5 nitrogen and oxygen atoms in total. The number of carbonyl (C=O) groups excluding carboxylic acids is 3. The highest BCUT2D eigenvalue weighted by Crippen LogP contribution is 2.33. The third-order valence-corrected chi connectivity index (χ3v) is 4.07. The van der Waals surface area contributed by atoms with Gasteiger partial charge >= 0.3 is 0 Å². The largest absolute Gasteiger partial charge is 0.325 e. The first-order valence-electron chi connectivity index (χ1n) is 7.42. The van der Waals surface area contributed by atoms with E-state index in [0.29, 0.717) is 16.9 Å². The van der Waals surface area contributed by atoms with Gasteiger partial charge < -0.3 is 10.2 Å². The van der Waals surface area contributed by atoms with Crippen LogP contribution in [0.2, 0.25) is 10.0 Å². The van der Waals surface area contributed by atoms with Crippen LogP contribution in [0.3, 0.4) is 0 Å². The highest BCUT2D eigenvalue weighted by molar-refractivity contribution is 6.40. The quantitative estimate of drug-likeness (QED) is 0.793. The third-order valence-electron chi connectivity index (χ3n) is 3.46. The molecule has 2 aromatic carbocycles. The monoisotopic (exact) mass is 378 g/mol. The summed E-state index contributed by atoms with van der Waals surface area (Å²) in [5, 5.41) is 3.23. The van der Waals surface area contributed by atoms with Gasteiger partial charge in [-0.25, -0.2) is 0 Å². The summed E-state index contributed by atoms with van der Waals surface area (Å²) in [6.45, 7) is 2.55. The average molecular weight is 379 g/mol. The van der Waals surface area contributed by atoms with E-state index in [0.717, 1.165) is 0 Å². The number of anilines is 2. The normalized spacial score (nSPS) is 10.2. The standard InChI is InChI=1S/C18H16Cl2N2O3/c1-11(23)13-6-8-14(9-7-13)21-17(25)10-22(12(2)24)18-15(19)4-3-5-16(18)20/h3-9H,10H2,1-2H3,(H,21,25).